The highest BCUT2D eigenvalue weighted by atomic mass is 32.2. The third-order valence-corrected chi connectivity index (χ3v) is 4.75. The summed E-state index contributed by atoms with van der Waals surface area (Å²) in [6.45, 7) is 0.251. The second-order valence-electron chi connectivity index (χ2n) is 4.76. The van der Waals surface area contributed by atoms with Crippen LogP contribution < -0.4 is 10.3 Å². The number of para-hydroxylation sites is 1. The second kappa shape index (κ2) is 7.45. The lowest BCUT2D eigenvalue weighted by Gasteiger charge is -2.01. The Morgan fingerprint density at radius 3 is 2.88 bits per heavy atom. The molecule has 3 aromatic rings. The number of carboxylic acids is 1. The minimum absolute atomic E-state index is 0.0279. The molecule has 3 rings (SSSR count). The van der Waals surface area contributed by atoms with Crippen LogP contribution in [0.25, 0.3) is 4.96 Å². The molecular formula is C15H13N3O4S2. The van der Waals surface area contributed by atoms with Gasteiger partial charge in [-0.25, -0.2) is 4.98 Å². The van der Waals surface area contributed by atoms with Crippen molar-refractivity contribution in [2.24, 2.45) is 0 Å². The minimum Gasteiger partial charge on any atom is -0.486 e. The van der Waals surface area contributed by atoms with E-state index in [4.69, 9.17) is 9.84 Å². The van der Waals surface area contributed by atoms with Gasteiger partial charge in [-0.05, 0) is 12.1 Å². The molecular weight excluding hydrogens is 350 g/mol. The Morgan fingerprint density at radius 1 is 1.33 bits per heavy atom. The van der Waals surface area contributed by atoms with E-state index in [1.54, 1.807) is 0 Å². The number of carboxylic acid groups (broad SMARTS) is 1. The van der Waals surface area contributed by atoms with Crippen LogP contribution in [0.15, 0.2) is 41.2 Å². The van der Waals surface area contributed by atoms with E-state index < -0.39 is 5.97 Å². The summed E-state index contributed by atoms with van der Waals surface area (Å²) in [5, 5.41) is 13.5. The molecule has 0 atom stereocenters. The predicted molar refractivity (Wildman–Crippen MR) is 91.7 cm³/mol. The molecule has 0 unspecified atom stereocenters. The summed E-state index contributed by atoms with van der Waals surface area (Å²) in [7, 11) is 0. The largest absolute Gasteiger partial charge is 0.486 e. The summed E-state index contributed by atoms with van der Waals surface area (Å²) >= 11 is 2.47. The quantitative estimate of drug-likeness (QED) is 0.686. The van der Waals surface area contributed by atoms with Gasteiger partial charge in [0.15, 0.2) is 5.01 Å². The van der Waals surface area contributed by atoms with Crippen molar-refractivity contribution < 1.29 is 14.6 Å². The average Bonchev–Trinajstić information content (AvgIpc) is 2.97. The van der Waals surface area contributed by atoms with E-state index in [2.05, 4.69) is 10.1 Å². The Kier molecular flexibility index (Phi) is 5.11. The number of fused-ring (bicyclic) bond motifs is 1. The number of nitrogens with zero attached hydrogens (tertiary/aromatic N) is 3. The molecule has 0 saturated carbocycles. The Morgan fingerprint density at radius 2 is 2.12 bits per heavy atom. The zero-order valence-electron chi connectivity index (χ0n) is 12.4. The van der Waals surface area contributed by atoms with E-state index in [0.29, 0.717) is 21.4 Å². The first-order valence-electron chi connectivity index (χ1n) is 6.98. The summed E-state index contributed by atoms with van der Waals surface area (Å²) in [6.07, 6.45) is 0. The highest BCUT2D eigenvalue weighted by Crippen LogP contribution is 2.17. The first-order valence-corrected chi connectivity index (χ1v) is 8.95. The van der Waals surface area contributed by atoms with Crippen molar-refractivity contribution in [3.63, 3.8) is 0 Å². The van der Waals surface area contributed by atoms with Crippen LogP contribution >= 0.6 is 23.1 Å². The smallest absolute Gasteiger partial charge is 0.313 e. The van der Waals surface area contributed by atoms with Crippen molar-refractivity contribution in [3.05, 3.63) is 57.5 Å². The second-order valence-corrected chi connectivity index (χ2v) is 6.79. The highest BCUT2D eigenvalue weighted by Gasteiger charge is 2.10. The Labute approximate surface area is 144 Å². The standard InChI is InChI=1S/C15H13N3O4S2/c19-13-6-10(8-23-9-14(20)21)16-15-18(13)17-12(24-15)7-22-11-4-2-1-3-5-11/h1-6H,7-9H2,(H,20,21). The summed E-state index contributed by atoms with van der Waals surface area (Å²) in [5.74, 6) is 0.171. The van der Waals surface area contributed by atoms with E-state index in [9.17, 15) is 9.59 Å². The first kappa shape index (κ1) is 16.5. The van der Waals surface area contributed by atoms with Gasteiger partial charge in [-0.1, -0.05) is 29.5 Å². The first-order chi connectivity index (χ1) is 11.6. The molecule has 9 heteroatoms. The number of rotatable bonds is 7. The molecule has 0 radical (unpaired) electrons. The van der Waals surface area contributed by atoms with Gasteiger partial charge in [-0.3, -0.25) is 9.59 Å². The van der Waals surface area contributed by atoms with Gasteiger partial charge in [0, 0.05) is 11.8 Å². The van der Waals surface area contributed by atoms with Crippen LogP contribution in [-0.4, -0.2) is 31.4 Å². The molecule has 0 aliphatic heterocycles. The fourth-order valence-corrected chi connectivity index (χ4v) is 3.40. The van der Waals surface area contributed by atoms with Crippen LogP contribution in [0, 0.1) is 0 Å². The van der Waals surface area contributed by atoms with Gasteiger partial charge in [0.05, 0.1) is 11.4 Å². The summed E-state index contributed by atoms with van der Waals surface area (Å²) in [6, 6.07) is 10.7. The minimum atomic E-state index is -0.893. The van der Waals surface area contributed by atoms with Gasteiger partial charge in [0.2, 0.25) is 4.96 Å². The third kappa shape index (κ3) is 4.12. The topological polar surface area (TPSA) is 93.8 Å². The van der Waals surface area contributed by atoms with Crippen molar-refractivity contribution in [2.75, 3.05) is 5.75 Å². The average molecular weight is 363 g/mol. The maximum absolute atomic E-state index is 12.1. The summed E-state index contributed by atoms with van der Waals surface area (Å²) in [4.78, 5) is 27.4. The molecule has 7 nitrogen and oxygen atoms in total. The fraction of sp³-hybridized carbons (Fsp3) is 0.200. The third-order valence-electron chi connectivity index (χ3n) is 2.92. The molecule has 0 aliphatic rings. The Bertz CT molecular complexity index is 908. The lowest BCUT2D eigenvalue weighted by molar-refractivity contribution is -0.133. The van der Waals surface area contributed by atoms with E-state index in [0.717, 1.165) is 5.75 Å². The van der Waals surface area contributed by atoms with Crippen molar-refractivity contribution in [1.82, 2.24) is 14.6 Å². The Hall–Kier alpha value is -2.39. The number of aromatic nitrogens is 3. The molecule has 0 bridgehead atoms. The van der Waals surface area contributed by atoms with Gasteiger partial charge in [-0.2, -0.15) is 9.61 Å². The van der Waals surface area contributed by atoms with Crippen LogP contribution in [0.2, 0.25) is 0 Å². The molecule has 24 heavy (non-hydrogen) atoms. The van der Waals surface area contributed by atoms with Crippen LogP contribution in [0.3, 0.4) is 0 Å². The molecule has 1 N–H and O–H groups in total. The zero-order valence-corrected chi connectivity index (χ0v) is 14.0. The number of benzene rings is 1. The molecule has 2 aromatic heterocycles. The van der Waals surface area contributed by atoms with Crippen molar-refractivity contribution in [2.45, 2.75) is 12.4 Å². The summed E-state index contributed by atoms with van der Waals surface area (Å²) in [5.41, 5.74) is 0.263. The molecule has 0 aliphatic carbocycles. The van der Waals surface area contributed by atoms with Crippen molar-refractivity contribution in [1.29, 1.82) is 0 Å². The lowest BCUT2D eigenvalue weighted by atomic mass is 10.3. The van der Waals surface area contributed by atoms with Gasteiger partial charge in [-0.15, -0.1) is 11.8 Å². The van der Waals surface area contributed by atoms with E-state index in [-0.39, 0.29) is 17.9 Å². The van der Waals surface area contributed by atoms with Crippen LogP contribution in [0.4, 0.5) is 0 Å². The molecule has 2 heterocycles. The molecule has 0 amide bonds. The van der Waals surface area contributed by atoms with E-state index in [1.165, 1.54) is 33.7 Å². The number of thioether (sulfide) groups is 1. The molecule has 0 spiro atoms. The maximum atomic E-state index is 12.1. The van der Waals surface area contributed by atoms with E-state index >= 15 is 0 Å². The van der Waals surface area contributed by atoms with Crippen molar-refractivity contribution >= 4 is 34.0 Å². The van der Waals surface area contributed by atoms with Gasteiger partial charge >= 0.3 is 5.97 Å². The maximum Gasteiger partial charge on any atom is 0.313 e. The number of hydrogen-bond acceptors (Lipinski definition) is 7. The number of carbonyl (C=O) groups is 1. The van der Waals surface area contributed by atoms with Gasteiger partial charge in [0.1, 0.15) is 12.4 Å². The Balaban J connectivity index is 1.74. The number of ether oxygens (including phenoxy) is 1. The SMILES string of the molecule is O=C(O)CSCc1cc(=O)n2nc(COc3ccccc3)sc2n1. The van der Waals surface area contributed by atoms with Gasteiger partial charge in [0.25, 0.3) is 5.56 Å². The normalized spacial score (nSPS) is 10.8. The predicted octanol–water partition coefficient (Wildman–Crippen LogP) is 2.05. The van der Waals surface area contributed by atoms with E-state index in [1.807, 2.05) is 30.3 Å². The van der Waals surface area contributed by atoms with Crippen LogP contribution in [0.5, 0.6) is 5.75 Å². The molecule has 1 aromatic carbocycles. The van der Waals surface area contributed by atoms with Crippen LogP contribution in [0.1, 0.15) is 10.7 Å². The van der Waals surface area contributed by atoms with Crippen LogP contribution in [-0.2, 0) is 17.2 Å². The molecule has 124 valence electrons. The fourth-order valence-electron chi connectivity index (χ4n) is 1.93. The summed E-state index contributed by atoms with van der Waals surface area (Å²) < 4.78 is 6.85. The lowest BCUT2D eigenvalue weighted by Crippen LogP contribution is -2.15. The van der Waals surface area contributed by atoms with Gasteiger partial charge < -0.3 is 9.84 Å². The molecule has 0 fully saturated rings. The van der Waals surface area contributed by atoms with Crippen molar-refractivity contribution in [3.8, 4) is 5.75 Å². The number of hydrogen-bond donors (Lipinski definition) is 1. The monoisotopic (exact) mass is 363 g/mol. The number of aliphatic carboxylic acids is 1. The zero-order chi connectivity index (χ0) is 16.9. The molecule has 0 saturated heterocycles. The highest BCUT2D eigenvalue weighted by molar-refractivity contribution is 7.99.